The number of carbonyl (C=O) groups excluding carboxylic acids is 2. The summed E-state index contributed by atoms with van der Waals surface area (Å²) in [5, 5.41) is 2.75. The molecule has 0 bridgehead atoms. The summed E-state index contributed by atoms with van der Waals surface area (Å²) in [4.78, 5) is 36.2. The Morgan fingerprint density at radius 3 is 2.56 bits per heavy atom. The van der Waals surface area contributed by atoms with Crippen LogP contribution in [0, 0.1) is 0 Å². The second-order valence-corrected chi connectivity index (χ2v) is 8.82. The number of nitrogens with one attached hydrogen (secondary N) is 1. The van der Waals surface area contributed by atoms with Crippen molar-refractivity contribution in [1.82, 2.24) is 14.9 Å². The van der Waals surface area contributed by atoms with E-state index < -0.39 is 6.10 Å². The Balaban J connectivity index is 1.32. The summed E-state index contributed by atoms with van der Waals surface area (Å²) in [5.41, 5.74) is 1.41. The lowest BCUT2D eigenvalue weighted by Gasteiger charge is -2.30. The van der Waals surface area contributed by atoms with E-state index in [9.17, 15) is 9.59 Å². The van der Waals surface area contributed by atoms with E-state index in [2.05, 4.69) is 15.3 Å². The van der Waals surface area contributed by atoms with E-state index in [0.717, 1.165) is 29.7 Å². The number of ether oxygens (including phenoxy) is 2. The smallest absolute Gasteiger partial charge is 0.264 e. The fourth-order valence-electron chi connectivity index (χ4n) is 3.64. The number of hydrogen-bond acceptors (Lipinski definition) is 7. The highest BCUT2D eigenvalue weighted by molar-refractivity contribution is 7.21. The van der Waals surface area contributed by atoms with E-state index in [1.165, 1.54) is 18.4 Å². The third-order valence-electron chi connectivity index (χ3n) is 5.53. The number of anilines is 1. The van der Waals surface area contributed by atoms with Crippen molar-refractivity contribution in [3.8, 4) is 11.5 Å². The van der Waals surface area contributed by atoms with Gasteiger partial charge >= 0.3 is 0 Å². The zero-order chi connectivity index (χ0) is 23.5. The van der Waals surface area contributed by atoms with Crippen LogP contribution in [0.5, 0.6) is 11.5 Å². The van der Waals surface area contributed by atoms with E-state index in [1.807, 2.05) is 11.0 Å². The molecule has 1 unspecified atom stereocenters. The Labute approximate surface area is 200 Å². The molecule has 1 fully saturated rings. The average Bonchev–Trinajstić information content (AvgIpc) is 3.26. The molecule has 34 heavy (non-hydrogen) atoms. The number of fused-ring (bicyclic) bond motifs is 1. The van der Waals surface area contributed by atoms with Gasteiger partial charge in [0.05, 0.1) is 15.1 Å². The molecule has 1 aliphatic heterocycles. The summed E-state index contributed by atoms with van der Waals surface area (Å²) in [6.07, 6.45) is 3.53. The first kappa shape index (κ1) is 22.0. The molecule has 0 radical (unpaired) electrons. The van der Waals surface area contributed by atoms with E-state index in [-0.39, 0.29) is 11.8 Å². The summed E-state index contributed by atoms with van der Waals surface area (Å²) in [6, 6.07) is 16.0. The van der Waals surface area contributed by atoms with Gasteiger partial charge in [0, 0.05) is 38.7 Å². The molecule has 1 aliphatic rings. The number of hydrogen-bond donors (Lipinski definition) is 1. The van der Waals surface area contributed by atoms with Crippen LogP contribution in [-0.2, 0) is 9.53 Å². The summed E-state index contributed by atoms with van der Waals surface area (Å²) >= 11 is 1.39. The molecular formula is C25H22N4O4S. The molecule has 0 aliphatic carbocycles. The number of amides is 2. The maximum absolute atomic E-state index is 12.7. The van der Waals surface area contributed by atoms with Crippen LogP contribution in [0.25, 0.3) is 10.2 Å². The lowest BCUT2D eigenvalue weighted by atomic mass is 10.1. The maximum atomic E-state index is 12.7. The quantitative estimate of drug-likeness (QED) is 0.419. The minimum atomic E-state index is -0.795. The van der Waals surface area contributed by atoms with Crippen molar-refractivity contribution in [2.45, 2.75) is 12.5 Å². The zero-order valence-corrected chi connectivity index (χ0v) is 19.2. The Bertz CT molecular complexity index is 1320. The molecule has 1 atom stereocenters. The SMILES string of the molecule is COC(C(=O)Nc1ccccn1)c1ccc(Oc2ccnc3cc(C(=O)N4CCC4)sc23)cc1. The van der Waals surface area contributed by atoms with Crippen LogP contribution >= 0.6 is 11.3 Å². The highest BCUT2D eigenvalue weighted by Gasteiger charge is 2.24. The number of pyridine rings is 2. The Morgan fingerprint density at radius 2 is 1.88 bits per heavy atom. The Morgan fingerprint density at radius 1 is 1.06 bits per heavy atom. The molecule has 1 N–H and O–H groups in total. The second-order valence-electron chi connectivity index (χ2n) is 7.77. The van der Waals surface area contributed by atoms with Gasteiger partial charge in [-0.25, -0.2) is 4.98 Å². The summed E-state index contributed by atoms with van der Waals surface area (Å²) < 4.78 is 12.3. The van der Waals surface area contributed by atoms with Crippen LogP contribution < -0.4 is 10.1 Å². The molecule has 0 spiro atoms. The van der Waals surface area contributed by atoms with Gasteiger partial charge in [0.1, 0.15) is 17.3 Å². The number of thiophene rings is 1. The standard InChI is InChI=1S/C25H22N4O4S/c1-32-22(24(30)28-21-5-2-3-11-27-21)16-6-8-17(9-7-16)33-19-10-12-26-18-15-20(34-23(18)19)25(31)29-13-4-14-29/h2-3,5-12,15,22H,4,13-14H2,1H3,(H,27,28,30). The van der Waals surface area contributed by atoms with E-state index in [1.54, 1.807) is 60.9 Å². The van der Waals surface area contributed by atoms with E-state index >= 15 is 0 Å². The van der Waals surface area contributed by atoms with E-state index in [0.29, 0.717) is 27.8 Å². The van der Waals surface area contributed by atoms with Crippen LogP contribution in [0.4, 0.5) is 5.82 Å². The molecule has 172 valence electrons. The fraction of sp³-hybridized carbons (Fsp3) is 0.200. The minimum absolute atomic E-state index is 0.0409. The molecule has 2 amide bonds. The molecule has 5 rings (SSSR count). The van der Waals surface area contributed by atoms with Crippen molar-refractivity contribution in [2.24, 2.45) is 0 Å². The van der Waals surface area contributed by atoms with Gasteiger partial charge in [0.25, 0.3) is 11.8 Å². The van der Waals surface area contributed by atoms with Crippen molar-refractivity contribution in [1.29, 1.82) is 0 Å². The number of aromatic nitrogens is 2. The number of nitrogens with zero attached hydrogens (tertiary/aromatic N) is 3. The van der Waals surface area contributed by atoms with Crippen LogP contribution in [0.3, 0.4) is 0 Å². The van der Waals surface area contributed by atoms with Gasteiger partial charge in [-0.15, -0.1) is 11.3 Å². The molecule has 4 heterocycles. The zero-order valence-electron chi connectivity index (χ0n) is 18.4. The normalized spacial score (nSPS) is 13.9. The molecule has 8 nitrogen and oxygen atoms in total. The monoisotopic (exact) mass is 474 g/mol. The van der Waals surface area contributed by atoms with Crippen molar-refractivity contribution < 1.29 is 19.1 Å². The number of likely N-dealkylation sites (tertiary alicyclic amines) is 1. The van der Waals surface area contributed by atoms with Gasteiger partial charge in [-0.05, 0) is 42.3 Å². The molecule has 4 aromatic rings. The lowest BCUT2D eigenvalue weighted by Crippen LogP contribution is -2.41. The van der Waals surface area contributed by atoms with Crippen molar-refractivity contribution in [3.63, 3.8) is 0 Å². The maximum Gasteiger partial charge on any atom is 0.264 e. The van der Waals surface area contributed by atoms with Crippen molar-refractivity contribution >= 4 is 39.2 Å². The van der Waals surface area contributed by atoms with Gasteiger partial charge in [-0.1, -0.05) is 18.2 Å². The number of carbonyl (C=O) groups is 2. The van der Waals surface area contributed by atoms with Gasteiger partial charge < -0.3 is 19.7 Å². The topological polar surface area (TPSA) is 93.6 Å². The molecule has 1 aromatic carbocycles. The predicted octanol–water partition coefficient (Wildman–Crippen LogP) is 4.66. The molecule has 1 saturated heterocycles. The van der Waals surface area contributed by atoms with Crippen molar-refractivity contribution in [2.75, 3.05) is 25.5 Å². The van der Waals surface area contributed by atoms with Crippen LogP contribution in [-0.4, -0.2) is 46.9 Å². The third kappa shape index (κ3) is 4.48. The van der Waals surface area contributed by atoms with Crippen LogP contribution in [0.2, 0.25) is 0 Å². The molecule has 3 aromatic heterocycles. The Kier molecular flexibility index (Phi) is 6.20. The lowest BCUT2D eigenvalue weighted by molar-refractivity contribution is -0.126. The number of methoxy groups -OCH3 is 1. The minimum Gasteiger partial charge on any atom is -0.456 e. The highest BCUT2D eigenvalue weighted by Crippen LogP contribution is 2.36. The first-order valence-electron chi connectivity index (χ1n) is 10.8. The van der Waals surface area contributed by atoms with Crippen LogP contribution in [0.15, 0.2) is 67.0 Å². The van der Waals surface area contributed by atoms with Crippen LogP contribution in [0.1, 0.15) is 27.8 Å². The largest absolute Gasteiger partial charge is 0.456 e. The summed E-state index contributed by atoms with van der Waals surface area (Å²) in [5.74, 6) is 1.41. The predicted molar refractivity (Wildman–Crippen MR) is 129 cm³/mol. The fourth-order valence-corrected chi connectivity index (χ4v) is 4.67. The van der Waals surface area contributed by atoms with Gasteiger partial charge in [-0.2, -0.15) is 0 Å². The van der Waals surface area contributed by atoms with Gasteiger partial charge in [0.2, 0.25) is 0 Å². The Hall–Kier alpha value is -3.82. The summed E-state index contributed by atoms with van der Waals surface area (Å²) in [6.45, 7) is 1.61. The third-order valence-corrected chi connectivity index (χ3v) is 6.66. The molecule has 9 heteroatoms. The highest BCUT2D eigenvalue weighted by atomic mass is 32.1. The average molecular weight is 475 g/mol. The van der Waals surface area contributed by atoms with E-state index in [4.69, 9.17) is 9.47 Å². The molecular weight excluding hydrogens is 452 g/mol. The first-order valence-corrected chi connectivity index (χ1v) is 11.6. The number of rotatable bonds is 7. The second kappa shape index (κ2) is 9.58. The molecule has 0 saturated carbocycles. The summed E-state index contributed by atoms with van der Waals surface area (Å²) in [7, 11) is 1.48. The number of benzene rings is 1. The van der Waals surface area contributed by atoms with Gasteiger partial charge in [-0.3, -0.25) is 14.6 Å². The van der Waals surface area contributed by atoms with Crippen molar-refractivity contribution in [3.05, 3.63) is 77.4 Å². The first-order chi connectivity index (χ1) is 16.6. The van der Waals surface area contributed by atoms with Gasteiger partial charge in [0.15, 0.2) is 6.10 Å².